The number of carboxylic acid groups (broad SMARTS) is 1. The molecule has 0 radical (unpaired) electrons. The van der Waals surface area contributed by atoms with Gasteiger partial charge in [0.2, 0.25) is 0 Å². The van der Waals surface area contributed by atoms with Gasteiger partial charge in [-0.1, -0.05) is 48.0 Å². The van der Waals surface area contributed by atoms with E-state index in [1.165, 1.54) is 12.2 Å². The van der Waals surface area contributed by atoms with E-state index in [0.717, 1.165) is 11.6 Å². The number of rotatable bonds is 5. The number of hydrogen-bond donors (Lipinski definition) is 1. The van der Waals surface area contributed by atoms with Crippen LogP contribution in [0.25, 0.3) is 12.2 Å². The highest BCUT2D eigenvalue weighted by Crippen LogP contribution is 2.12. The first-order chi connectivity index (χ1) is 10.5. The van der Waals surface area contributed by atoms with Gasteiger partial charge >= 0.3 is 5.97 Å². The van der Waals surface area contributed by atoms with E-state index in [-0.39, 0.29) is 5.78 Å². The van der Waals surface area contributed by atoms with Gasteiger partial charge in [0.25, 0.3) is 0 Å². The van der Waals surface area contributed by atoms with Crippen LogP contribution >= 0.6 is 11.6 Å². The van der Waals surface area contributed by atoms with Crippen molar-refractivity contribution in [1.29, 1.82) is 0 Å². The molecule has 22 heavy (non-hydrogen) atoms. The van der Waals surface area contributed by atoms with E-state index in [4.69, 9.17) is 16.7 Å². The third-order valence-corrected chi connectivity index (χ3v) is 3.14. The SMILES string of the molecule is O=C(O)/C=C/c1cccc(C(=O)/C=C/c2ccc(Cl)cc2)c1. The standard InChI is InChI=1S/C18H13ClO3/c19-16-8-4-13(5-9-16)6-10-17(20)15-3-1-2-14(12-15)7-11-18(21)22/h1-12H,(H,21,22)/b10-6+,11-7+. The number of carbonyl (C=O) groups is 2. The molecule has 0 aliphatic carbocycles. The molecule has 3 nitrogen and oxygen atoms in total. The molecular formula is C18H13ClO3. The van der Waals surface area contributed by atoms with E-state index in [1.807, 2.05) is 12.1 Å². The number of ketones is 1. The van der Waals surface area contributed by atoms with E-state index >= 15 is 0 Å². The Balaban J connectivity index is 2.14. The average Bonchev–Trinajstić information content (AvgIpc) is 2.52. The zero-order valence-corrected chi connectivity index (χ0v) is 12.3. The van der Waals surface area contributed by atoms with Gasteiger partial charge in [-0.2, -0.15) is 0 Å². The zero-order chi connectivity index (χ0) is 15.9. The fourth-order valence-electron chi connectivity index (χ4n) is 1.81. The first-order valence-electron chi connectivity index (χ1n) is 6.53. The number of halogens is 1. The van der Waals surface area contributed by atoms with Crippen molar-refractivity contribution < 1.29 is 14.7 Å². The van der Waals surface area contributed by atoms with E-state index < -0.39 is 5.97 Å². The van der Waals surface area contributed by atoms with Crippen LogP contribution < -0.4 is 0 Å². The second kappa shape index (κ2) is 7.38. The van der Waals surface area contributed by atoms with Gasteiger partial charge < -0.3 is 5.11 Å². The number of aliphatic carboxylic acids is 1. The van der Waals surface area contributed by atoms with Crippen LogP contribution in [0.3, 0.4) is 0 Å². The monoisotopic (exact) mass is 312 g/mol. The molecule has 0 unspecified atom stereocenters. The molecule has 2 rings (SSSR count). The molecule has 0 heterocycles. The molecule has 2 aromatic carbocycles. The van der Waals surface area contributed by atoms with Crippen LogP contribution in [0.2, 0.25) is 5.02 Å². The molecule has 0 aliphatic rings. The summed E-state index contributed by atoms with van der Waals surface area (Å²) in [5.41, 5.74) is 2.03. The van der Waals surface area contributed by atoms with Gasteiger partial charge in [-0.3, -0.25) is 4.79 Å². The van der Waals surface area contributed by atoms with Crippen molar-refractivity contribution in [2.75, 3.05) is 0 Å². The highest BCUT2D eigenvalue weighted by atomic mass is 35.5. The number of carbonyl (C=O) groups excluding carboxylic acids is 1. The van der Waals surface area contributed by atoms with Crippen LogP contribution in [-0.2, 0) is 4.79 Å². The normalized spacial score (nSPS) is 11.1. The van der Waals surface area contributed by atoms with Crippen molar-refractivity contribution in [2.24, 2.45) is 0 Å². The van der Waals surface area contributed by atoms with Crippen LogP contribution in [0.1, 0.15) is 21.5 Å². The van der Waals surface area contributed by atoms with Gasteiger partial charge in [-0.15, -0.1) is 0 Å². The summed E-state index contributed by atoms with van der Waals surface area (Å²) in [4.78, 5) is 22.6. The minimum atomic E-state index is -1.03. The summed E-state index contributed by atoms with van der Waals surface area (Å²) in [6, 6.07) is 13.9. The van der Waals surface area contributed by atoms with E-state index in [0.29, 0.717) is 16.1 Å². The summed E-state index contributed by atoms with van der Waals surface area (Å²) >= 11 is 5.80. The Morgan fingerprint density at radius 2 is 1.59 bits per heavy atom. The number of allylic oxidation sites excluding steroid dienone is 1. The van der Waals surface area contributed by atoms with Gasteiger partial charge in [-0.25, -0.2) is 4.79 Å². The van der Waals surface area contributed by atoms with Gasteiger partial charge in [-0.05, 0) is 41.5 Å². The second-order valence-electron chi connectivity index (χ2n) is 4.55. The Bertz CT molecular complexity index is 743. The lowest BCUT2D eigenvalue weighted by atomic mass is 10.1. The van der Waals surface area contributed by atoms with Crippen molar-refractivity contribution in [3.8, 4) is 0 Å². The van der Waals surface area contributed by atoms with Crippen LogP contribution in [0.5, 0.6) is 0 Å². The van der Waals surface area contributed by atoms with Crippen molar-refractivity contribution in [1.82, 2.24) is 0 Å². The lowest BCUT2D eigenvalue weighted by molar-refractivity contribution is -0.131. The van der Waals surface area contributed by atoms with Gasteiger partial charge in [0.1, 0.15) is 0 Å². The van der Waals surface area contributed by atoms with Crippen LogP contribution in [-0.4, -0.2) is 16.9 Å². The summed E-state index contributed by atoms with van der Waals surface area (Å²) in [6.45, 7) is 0. The Morgan fingerprint density at radius 1 is 0.909 bits per heavy atom. The van der Waals surface area contributed by atoms with Gasteiger partial charge in [0.05, 0.1) is 0 Å². The molecule has 0 spiro atoms. The molecule has 1 N–H and O–H groups in total. The fraction of sp³-hybridized carbons (Fsp3) is 0. The quantitative estimate of drug-likeness (QED) is 0.660. The third kappa shape index (κ3) is 4.72. The molecule has 0 fully saturated rings. The lowest BCUT2D eigenvalue weighted by Crippen LogP contribution is -1.94. The molecular weight excluding hydrogens is 300 g/mol. The summed E-state index contributed by atoms with van der Waals surface area (Å²) in [5.74, 6) is -1.18. The van der Waals surface area contributed by atoms with E-state index in [9.17, 15) is 9.59 Å². The fourth-order valence-corrected chi connectivity index (χ4v) is 1.93. The largest absolute Gasteiger partial charge is 0.478 e. The summed E-state index contributed by atoms with van der Waals surface area (Å²) in [5, 5.41) is 9.25. The van der Waals surface area contributed by atoms with Gasteiger partial charge in [0, 0.05) is 16.7 Å². The Labute approximate surface area is 133 Å². The Morgan fingerprint density at radius 3 is 2.27 bits per heavy atom. The Kier molecular flexibility index (Phi) is 5.28. The van der Waals surface area contributed by atoms with Crippen LogP contribution in [0.4, 0.5) is 0 Å². The second-order valence-corrected chi connectivity index (χ2v) is 4.98. The molecule has 0 aromatic heterocycles. The van der Waals surface area contributed by atoms with Gasteiger partial charge in [0.15, 0.2) is 5.78 Å². The predicted molar refractivity (Wildman–Crippen MR) is 87.9 cm³/mol. The smallest absolute Gasteiger partial charge is 0.328 e. The minimum absolute atomic E-state index is 0.152. The third-order valence-electron chi connectivity index (χ3n) is 2.89. The van der Waals surface area contributed by atoms with Crippen molar-refractivity contribution in [3.05, 3.63) is 82.4 Å². The Hall–Kier alpha value is -2.65. The zero-order valence-electron chi connectivity index (χ0n) is 11.6. The maximum atomic E-state index is 12.1. The van der Waals surface area contributed by atoms with Crippen LogP contribution in [0.15, 0.2) is 60.7 Å². The summed E-state index contributed by atoms with van der Waals surface area (Å²) in [6.07, 6.45) is 5.66. The van der Waals surface area contributed by atoms with Crippen molar-refractivity contribution in [3.63, 3.8) is 0 Å². The van der Waals surface area contributed by atoms with Crippen molar-refractivity contribution in [2.45, 2.75) is 0 Å². The molecule has 110 valence electrons. The molecule has 0 saturated carbocycles. The first-order valence-corrected chi connectivity index (χ1v) is 6.91. The van der Waals surface area contributed by atoms with Crippen LogP contribution in [0, 0.1) is 0 Å². The summed E-state index contributed by atoms with van der Waals surface area (Å²) < 4.78 is 0. The molecule has 0 amide bonds. The molecule has 0 aliphatic heterocycles. The molecule has 0 bridgehead atoms. The molecule has 0 saturated heterocycles. The van der Waals surface area contributed by atoms with Crippen molar-refractivity contribution >= 4 is 35.5 Å². The first kappa shape index (κ1) is 15.7. The summed E-state index contributed by atoms with van der Waals surface area (Å²) in [7, 11) is 0. The number of benzene rings is 2. The minimum Gasteiger partial charge on any atom is -0.478 e. The lowest BCUT2D eigenvalue weighted by Gasteiger charge is -1.99. The maximum absolute atomic E-state index is 12.1. The van der Waals surface area contributed by atoms with E-state index in [1.54, 1.807) is 42.5 Å². The molecule has 2 aromatic rings. The molecule has 0 atom stereocenters. The number of hydrogen-bond acceptors (Lipinski definition) is 2. The highest BCUT2D eigenvalue weighted by Gasteiger charge is 2.02. The maximum Gasteiger partial charge on any atom is 0.328 e. The topological polar surface area (TPSA) is 54.4 Å². The molecule has 4 heteroatoms. The highest BCUT2D eigenvalue weighted by molar-refractivity contribution is 6.30. The number of carboxylic acids is 1. The average molecular weight is 313 g/mol. The van der Waals surface area contributed by atoms with E-state index in [2.05, 4.69) is 0 Å². The predicted octanol–water partition coefficient (Wildman–Crippen LogP) is 4.33.